The number of hydrogen-bond acceptors (Lipinski definition) is 2. The quantitative estimate of drug-likeness (QED) is 0.842. The highest BCUT2D eigenvalue weighted by atomic mass is 35.5. The first kappa shape index (κ1) is 11.9. The summed E-state index contributed by atoms with van der Waals surface area (Å²) in [5.41, 5.74) is 1.53. The molecule has 1 aromatic carbocycles. The summed E-state index contributed by atoms with van der Waals surface area (Å²) in [6, 6.07) is 5.99. The van der Waals surface area contributed by atoms with Crippen LogP contribution < -0.4 is 4.74 Å². The van der Waals surface area contributed by atoms with Crippen LogP contribution in [0.3, 0.4) is 0 Å². The van der Waals surface area contributed by atoms with Gasteiger partial charge in [-0.15, -0.1) is 0 Å². The lowest BCUT2D eigenvalue weighted by atomic mass is 10.3. The van der Waals surface area contributed by atoms with Gasteiger partial charge in [0.25, 0.3) is 0 Å². The second-order valence-electron chi connectivity index (χ2n) is 3.72. The summed E-state index contributed by atoms with van der Waals surface area (Å²) in [7, 11) is 1.79. The fraction of sp³-hybridized carbons (Fsp3) is 0.250. The molecule has 0 fully saturated rings. The minimum absolute atomic E-state index is 0.264. The fourth-order valence-electron chi connectivity index (χ4n) is 1.55. The zero-order valence-electron chi connectivity index (χ0n) is 9.58. The number of ether oxygens (including phenoxy) is 1. The Bertz CT molecular complexity index is 539. The van der Waals surface area contributed by atoms with E-state index in [-0.39, 0.29) is 12.4 Å². The number of nitrogens with zero attached hydrogens (tertiary/aromatic N) is 2. The molecule has 1 aromatic heterocycles. The van der Waals surface area contributed by atoms with Crippen LogP contribution in [-0.4, -0.2) is 9.78 Å². The summed E-state index contributed by atoms with van der Waals surface area (Å²) in [5, 5.41) is 4.76. The Morgan fingerprint density at radius 1 is 1.47 bits per heavy atom. The van der Waals surface area contributed by atoms with Crippen molar-refractivity contribution >= 4 is 11.6 Å². The van der Waals surface area contributed by atoms with Gasteiger partial charge in [0.05, 0.1) is 16.4 Å². The average molecular weight is 255 g/mol. The lowest BCUT2D eigenvalue weighted by Crippen LogP contribution is -2.03. The maximum absolute atomic E-state index is 12.9. The van der Waals surface area contributed by atoms with Gasteiger partial charge in [-0.1, -0.05) is 17.7 Å². The first-order chi connectivity index (χ1) is 8.08. The molecular formula is C12H12ClFN2O. The molecule has 0 bridgehead atoms. The first-order valence-electron chi connectivity index (χ1n) is 5.14. The van der Waals surface area contributed by atoms with Gasteiger partial charge >= 0.3 is 0 Å². The number of aryl methyl sites for hydroxylation is 2. The molecule has 0 N–H and O–H groups in total. The van der Waals surface area contributed by atoms with Gasteiger partial charge in [-0.3, -0.25) is 4.68 Å². The number of aromatic nitrogens is 2. The third kappa shape index (κ3) is 2.58. The van der Waals surface area contributed by atoms with Crippen LogP contribution in [0.15, 0.2) is 24.3 Å². The van der Waals surface area contributed by atoms with Crippen molar-refractivity contribution < 1.29 is 9.13 Å². The van der Waals surface area contributed by atoms with Gasteiger partial charge in [0.1, 0.15) is 18.2 Å². The topological polar surface area (TPSA) is 27.1 Å². The highest BCUT2D eigenvalue weighted by Gasteiger charge is 2.11. The van der Waals surface area contributed by atoms with Gasteiger partial charge in [0, 0.05) is 13.1 Å². The van der Waals surface area contributed by atoms with Gasteiger partial charge in [-0.25, -0.2) is 4.39 Å². The molecule has 90 valence electrons. The molecule has 3 nitrogen and oxygen atoms in total. The van der Waals surface area contributed by atoms with Crippen molar-refractivity contribution in [3.8, 4) is 5.75 Å². The SMILES string of the molecule is Cc1nn(C)c(COc2cccc(F)c2)c1Cl. The zero-order valence-corrected chi connectivity index (χ0v) is 10.3. The van der Waals surface area contributed by atoms with Crippen LogP contribution in [0.25, 0.3) is 0 Å². The molecule has 0 radical (unpaired) electrons. The second-order valence-corrected chi connectivity index (χ2v) is 4.09. The van der Waals surface area contributed by atoms with Crippen molar-refractivity contribution in [3.05, 3.63) is 46.5 Å². The fourth-order valence-corrected chi connectivity index (χ4v) is 1.76. The number of halogens is 2. The predicted molar refractivity (Wildman–Crippen MR) is 63.7 cm³/mol. The third-order valence-corrected chi connectivity index (χ3v) is 2.92. The Morgan fingerprint density at radius 3 is 2.82 bits per heavy atom. The molecular weight excluding hydrogens is 243 g/mol. The second kappa shape index (κ2) is 4.75. The summed E-state index contributed by atoms with van der Waals surface area (Å²) >= 11 is 6.07. The third-order valence-electron chi connectivity index (χ3n) is 2.43. The smallest absolute Gasteiger partial charge is 0.131 e. The summed E-state index contributed by atoms with van der Waals surface area (Å²) in [4.78, 5) is 0. The van der Waals surface area contributed by atoms with Gasteiger partial charge in [-0.2, -0.15) is 5.10 Å². The lowest BCUT2D eigenvalue weighted by molar-refractivity contribution is 0.293. The molecule has 0 amide bonds. The number of benzene rings is 1. The Kier molecular flexibility index (Phi) is 3.33. The van der Waals surface area contributed by atoms with E-state index in [1.165, 1.54) is 12.1 Å². The molecule has 0 atom stereocenters. The van der Waals surface area contributed by atoms with E-state index in [0.717, 1.165) is 11.4 Å². The Balaban J connectivity index is 2.12. The van der Waals surface area contributed by atoms with E-state index in [2.05, 4.69) is 5.10 Å². The maximum Gasteiger partial charge on any atom is 0.131 e. The molecule has 0 spiro atoms. The number of hydrogen-bond donors (Lipinski definition) is 0. The first-order valence-corrected chi connectivity index (χ1v) is 5.52. The van der Waals surface area contributed by atoms with E-state index in [0.29, 0.717) is 10.8 Å². The van der Waals surface area contributed by atoms with Crippen molar-refractivity contribution in [1.29, 1.82) is 0 Å². The highest BCUT2D eigenvalue weighted by molar-refractivity contribution is 6.31. The van der Waals surface area contributed by atoms with Crippen molar-refractivity contribution in [2.45, 2.75) is 13.5 Å². The van der Waals surface area contributed by atoms with Gasteiger partial charge in [-0.05, 0) is 19.1 Å². The van der Waals surface area contributed by atoms with Crippen LogP contribution in [0.4, 0.5) is 4.39 Å². The molecule has 0 saturated heterocycles. The molecule has 1 heterocycles. The van der Waals surface area contributed by atoms with E-state index in [9.17, 15) is 4.39 Å². The van der Waals surface area contributed by atoms with Crippen LogP contribution in [0.1, 0.15) is 11.4 Å². The summed E-state index contributed by atoms with van der Waals surface area (Å²) in [6.07, 6.45) is 0. The van der Waals surface area contributed by atoms with Gasteiger partial charge in [0.2, 0.25) is 0 Å². The average Bonchev–Trinajstić information content (AvgIpc) is 2.51. The van der Waals surface area contributed by atoms with E-state index < -0.39 is 0 Å². The Hall–Kier alpha value is -1.55. The summed E-state index contributed by atoms with van der Waals surface area (Å²) in [6.45, 7) is 2.09. The van der Waals surface area contributed by atoms with Crippen LogP contribution in [-0.2, 0) is 13.7 Å². The Labute approximate surface area is 104 Å². The van der Waals surface area contributed by atoms with Crippen molar-refractivity contribution in [1.82, 2.24) is 9.78 Å². The van der Waals surface area contributed by atoms with Crippen LogP contribution in [0.2, 0.25) is 5.02 Å². The zero-order chi connectivity index (χ0) is 12.4. The Morgan fingerprint density at radius 2 is 2.24 bits per heavy atom. The lowest BCUT2D eigenvalue weighted by Gasteiger charge is -2.06. The summed E-state index contributed by atoms with van der Waals surface area (Å²) < 4.78 is 20.1. The maximum atomic E-state index is 12.9. The molecule has 17 heavy (non-hydrogen) atoms. The molecule has 0 aliphatic rings. The molecule has 0 aliphatic carbocycles. The molecule has 5 heteroatoms. The number of rotatable bonds is 3. The molecule has 0 saturated carbocycles. The molecule has 0 unspecified atom stereocenters. The van der Waals surface area contributed by atoms with E-state index in [1.807, 2.05) is 6.92 Å². The van der Waals surface area contributed by atoms with Crippen LogP contribution in [0, 0.1) is 12.7 Å². The van der Waals surface area contributed by atoms with E-state index in [1.54, 1.807) is 23.9 Å². The normalized spacial score (nSPS) is 10.6. The van der Waals surface area contributed by atoms with Gasteiger partial charge in [0.15, 0.2) is 0 Å². The molecule has 0 aliphatic heterocycles. The van der Waals surface area contributed by atoms with Crippen molar-refractivity contribution in [2.24, 2.45) is 7.05 Å². The van der Waals surface area contributed by atoms with E-state index >= 15 is 0 Å². The van der Waals surface area contributed by atoms with Crippen molar-refractivity contribution in [3.63, 3.8) is 0 Å². The minimum Gasteiger partial charge on any atom is -0.487 e. The predicted octanol–water partition coefficient (Wildman–Crippen LogP) is 3.10. The largest absolute Gasteiger partial charge is 0.487 e. The molecule has 2 rings (SSSR count). The monoisotopic (exact) mass is 254 g/mol. The van der Waals surface area contributed by atoms with E-state index in [4.69, 9.17) is 16.3 Å². The minimum atomic E-state index is -0.324. The van der Waals surface area contributed by atoms with Gasteiger partial charge < -0.3 is 4.74 Å². The van der Waals surface area contributed by atoms with Crippen LogP contribution >= 0.6 is 11.6 Å². The highest BCUT2D eigenvalue weighted by Crippen LogP contribution is 2.21. The van der Waals surface area contributed by atoms with Crippen LogP contribution in [0.5, 0.6) is 5.75 Å². The standard InChI is InChI=1S/C12H12ClFN2O/c1-8-12(13)11(16(2)15-8)7-17-10-5-3-4-9(14)6-10/h3-6H,7H2,1-2H3. The van der Waals surface area contributed by atoms with Crippen molar-refractivity contribution in [2.75, 3.05) is 0 Å². The summed E-state index contributed by atoms with van der Waals surface area (Å²) in [5.74, 6) is 0.148. The molecule has 2 aromatic rings.